The highest BCUT2D eigenvalue weighted by molar-refractivity contribution is 7.86. The first kappa shape index (κ1) is 10.3. The average molecular weight is 183 g/mol. The Labute approximate surface area is 64.5 Å². The Hall–Kier alpha value is -0.660. The zero-order chi connectivity index (χ0) is 9.07. The number of hydrogen-bond donors (Lipinski definition) is 1. The molecule has 0 saturated heterocycles. The molecule has 0 heterocycles. The third kappa shape index (κ3) is 4.71. The van der Waals surface area contributed by atoms with Crippen molar-refractivity contribution in [3.63, 3.8) is 0 Å². The summed E-state index contributed by atoms with van der Waals surface area (Å²) in [7, 11) is -1.80. The molecule has 0 radical (unpaired) electrons. The molecule has 0 spiro atoms. The fourth-order valence-electron chi connectivity index (χ4n) is 0.349. The summed E-state index contributed by atoms with van der Waals surface area (Å²) < 4.78 is 28.4. The molecule has 0 rings (SSSR count). The molecule has 6 nitrogen and oxygen atoms in total. The van der Waals surface area contributed by atoms with Gasteiger partial charge in [-0.1, -0.05) is 0 Å². The fraction of sp³-hybridized carbons (Fsp3) is 0.750. The topological polar surface area (TPSA) is 83.9 Å². The third-order valence-electron chi connectivity index (χ3n) is 0.931. The summed E-state index contributed by atoms with van der Waals surface area (Å²) in [6.07, 6.45) is 0. The monoisotopic (exact) mass is 183 g/mol. The molecule has 1 N–H and O–H groups in total. The highest BCUT2D eigenvalue weighted by Gasteiger charge is 2.16. The van der Waals surface area contributed by atoms with Crippen LogP contribution in [0.4, 0.5) is 0 Å². The predicted molar refractivity (Wildman–Crippen MR) is 36.2 cm³/mol. The van der Waals surface area contributed by atoms with Crippen molar-refractivity contribution in [3.8, 4) is 0 Å². The number of carbonyl (C=O) groups excluding carboxylic acids is 1. The van der Waals surface area contributed by atoms with E-state index in [0.717, 1.165) is 0 Å². The molecule has 0 atom stereocenters. The highest BCUT2D eigenvalue weighted by atomic mass is 32.2. The van der Waals surface area contributed by atoms with Gasteiger partial charge in [0, 0.05) is 7.05 Å². The van der Waals surface area contributed by atoms with Crippen LogP contribution in [0.25, 0.3) is 0 Å². The van der Waals surface area contributed by atoms with Crippen molar-refractivity contribution in [3.05, 3.63) is 0 Å². The molecule has 7 heteroatoms. The molecule has 0 aromatic rings. The molecule has 1 amide bonds. The van der Waals surface area contributed by atoms with Crippen LogP contribution in [0.3, 0.4) is 0 Å². The van der Waals surface area contributed by atoms with Gasteiger partial charge in [-0.15, -0.1) is 0 Å². The minimum Gasteiger partial charge on any atom is -0.285 e. The summed E-state index contributed by atoms with van der Waals surface area (Å²) in [6.45, 7) is 0. The van der Waals surface area contributed by atoms with Crippen molar-refractivity contribution in [1.29, 1.82) is 0 Å². The molecule has 0 fully saturated rings. The second-order valence-electron chi connectivity index (χ2n) is 1.80. The molecule has 0 unspecified atom stereocenters. The maximum absolute atomic E-state index is 10.7. The minimum absolute atomic E-state index is 0.716. The normalized spacial score (nSPS) is 11.2. The van der Waals surface area contributed by atoms with Gasteiger partial charge in [-0.05, 0) is 0 Å². The fourth-order valence-corrected chi connectivity index (χ4v) is 0.843. The number of rotatable bonds is 3. The van der Waals surface area contributed by atoms with Crippen LogP contribution in [0.15, 0.2) is 0 Å². The maximum Gasteiger partial charge on any atom is 0.274 e. The molecule has 0 aromatic carbocycles. The SMILES string of the molecule is CON(C)C(=O)CS(=O)(=O)O. The van der Waals surface area contributed by atoms with Gasteiger partial charge in [-0.25, -0.2) is 5.06 Å². The summed E-state index contributed by atoms with van der Waals surface area (Å²) in [5.74, 6) is -1.79. The molecule has 66 valence electrons. The lowest BCUT2D eigenvalue weighted by Crippen LogP contribution is -2.31. The Morgan fingerprint density at radius 2 is 2.09 bits per heavy atom. The first-order valence-corrected chi connectivity index (χ1v) is 4.23. The summed E-state index contributed by atoms with van der Waals surface area (Å²) in [4.78, 5) is 15.0. The van der Waals surface area contributed by atoms with Crippen LogP contribution in [0.2, 0.25) is 0 Å². The zero-order valence-electron chi connectivity index (χ0n) is 6.14. The number of hydroxylamine groups is 2. The van der Waals surface area contributed by atoms with E-state index in [1.807, 2.05) is 0 Å². The third-order valence-corrected chi connectivity index (χ3v) is 1.54. The van der Waals surface area contributed by atoms with E-state index in [2.05, 4.69) is 4.84 Å². The van der Waals surface area contributed by atoms with Crippen LogP contribution in [0.5, 0.6) is 0 Å². The van der Waals surface area contributed by atoms with Gasteiger partial charge in [0.2, 0.25) is 0 Å². The van der Waals surface area contributed by atoms with E-state index in [1.54, 1.807) is 0 Å². The number of carbonyl (C=O) groups is 1. The lowest BCUT2D eigenvalue weighted by atomic mass is 10.7. The van der Waals surface area contributed by atoms with Gasteiger partial charge in [0.1, 0.15) is 0 Å². The van der Waals surface area contributed by atoms with Crippen LogP contribution in [-0.4, -0.2) is 43.9 Å². The van der Waals surface area contributed by atoms with Gasteiger partial charge in [-0.3, -0.25) is 14.2 Å². The molecule has 0 saturated carbocycles. The largest absolute Gasteiger partial charge is 0.285 e. The Morgan fingerprint density at radius 1 is 1.64 bits per heavy atom. The Morgan fingerprint density at radius 3 is 2.36 bits per heavy atom. The molecule has 0 aliphatic rings. The Balaban J connectivity index is 4.10. The van der Waals surface area contributed by atoms with Gasteiger partial charge in [0.25, 0.3) is 16.0 Å². The van der Waals surface area contributed by atoms with Crippen molar-refractivity contribution in [2.45, 2.75) is 0 Å². The maximum atomic E-state index is 10.7. The average Bonchev–Trinajstić information content (AvgIpc) is 1.82. The summed E-state index contributed by atoms with van der Waals surface area (Å²) in [5, 5.41) is 0.716. The second-order valence-corrected chi connectivity index (χ2v) is 3.25. The summed E-state index contributed by atoms with van der Waals surface area (Å²) in [6, 6.07) is 0. The van der Waals surface area contributed by atoms with Crippen LogP contribution in [0.1, 0.15) is 0 Å². The van der Waals surface area contributed by atoms with E-state index < -0.39 is 21.8 Å². The van der Waals surface area contributed by atoms with Crippen LogP contribution < -0.4 is 0 Å². The second kappa shape index (κ2) is 3.65. The molecule has 0 aliphatic carbocycles. The summed E-state index contributed by atoms with van der Waals surface area (Å²) in [5.41, 5.74) is 0. The minimum atomic E-state index is -4.25. The lowest BCUT2D eigenvalue weighted by Gasteiger charge is -2.11. The van der Waals surface area contributed by atoms with E-state index in [9.17, 15) is 13.2 Å². The molecule has 11 heavy (non-hydrogen) atoms. The van der Waals surface area contributed by atoms with Gasteiger partial charge in [-0.2, -0.15) is 8.42 Å². The van der Waals surface area contributed by atoms with E-state index in [-0.39, 0.29) is 0 Å². The lowest BCUT2D eigenvalue weighted by molar-refractivity contribution is -0.165. The van der Waals surface area contributed by atoms with Crippen molar-refractivity contribution < 1.29 is 22.6 Å². The quantitative estimate of drug-likeness (QED) is 0.443. The van der Waals surface area contributed by atoms with Gasteiger partial charge < -0.3 is 0 Å². The molecule has 0 aliphatic heterocycles. The molecular formula is C4H9NO5S. The molecular weight excluding hydrogens is 174 g/mol. The van der Waals surface area contributed by atoms with Crippen LogP contribution in [-0.2, 0) is 19.8 Å². The highest BCUT2D eigenvalue weighted by Crippen LogP contribution is 1.89. The number of nitrogens with zero attached hydrogens (tertiary/aromatic N) is 1. The number of hydrogen-bond acceptors (Lipinski definition) is 4. The Bertz CT molecular complexity index is 233. The van der Waals surface area contributed by atoms with Gasteiger partial charge in [0.15, 0.2) is 5.75 Å². The molecule has 0 bridgehead atoms. The van der Waals surface area contributed by atoms with Crippen LogP contribution in [0, 0.1) is 0 Å². The van der Waals surface area contributed by atoms with E-state index in [1.165, 1.54) is 14.2 Å². The standard InChI is InChI=1S/C4H9NO5S/c1-5(10-2)4(6)3-11(7,8)9/h3H2,1-2H3,(H,7,8,9). The van der Waals surface area contributed by atoms with Crippen molar-refractivity contribution in [2.75, 3.05) is 19.9 Å². The van der Waals surface area contributed by atoms with Crippen LogP contribution >= 0.6 is 0 Å². The van der Waals surface area contributed by atoms with Crippen molar-refractivity contribution in [2.24, 2.45) is 0 Å². The van der Waals surface area contributed by atoms with Crippen molar-refractivity contribution in [1.82, 2.24) is 5.06 Å². The first-order chi connectivity index (χ1) is 4.87. The Kier molecular flexibility index (Phi) is 3.43. The number of amides is 1. The smallest absolute Gasteiger partial charge is 0.274 e. The predicted octanol–water partition coefficient (Wildman–Crippen LogP) is -1.11. The van der Waals surface area contributed by atoms with E-state index in [0.29, 0.717) is 5.06 Å². The first-order valence-electron chi connectivity index (χ1n) is 2.62. The van der Waals surface area contributed by atoms with Gasteiger partial charge in [0.05, 0.1) is 7.11 Å². The van der Waals surface area contributed by atoms with Gasteiger partial charge >= 0.3 is 0 Å². The van der Waals surface area contributed by atoms with E-state index in [4.69, 9.17) is 4.55 Å². The summed E-state index contributed by atoms with van der Waals surface area (Å²) >= 11 is 0. The van der Waals surface area contributed by atoms with E-state index >= 15 is 0 Å². The zero-order valence-corrected chi connectivity index (χ0v) is 6.96. The van der Waals surface area contributed by atoms with Crippen molar-refractivity contribution >= 4 is 16.0 Å². The molecule has 0 aromatic heterocycles.